The predicted octanol–water partition coefficient (Wildman–Crippen LogP) is 0.446. The smallest absolute Gasteiger partial charge is 0.322 e. The van der Waals surface area contributed by atoms with Gasteiger partial charge in [-0.1, -0.05) is 11.6 Å². The lowest BCUT2D eigenvalue weighted by Gasteiger charge is -2.21. The Bertz CT molecular complexity index is 450. The molecule has 0 spiro atoms. The van der Waals surface area contributed by atoms with Gasteiger partial charge in [-0.3, -0.25) is 0 Å². The highest BCUT2D eigenvalue weighted by Crippen LogP contribution is 2.31. The van der Waals surface area contributed by atoms with E-state index in [9.17, 15) is 9.90 Å². The second kappa shape index (κ2) is 7.03. The standard InChI is InChI=1S/C11H16ClN3O4/c12-7-5-9(10(18)6-8(7)13)14-11(19)15(1-3-16)2-4-17/h5-6,16-18H,1-4,13H2,(H,14,19). The van der Waals surface area contributed by atoms with Crippen molar-refractivity contribution >= 4 is 29.0 Å². The minimum absolute atomic E-state index is 0.0653. The molecule has 8 heteroatoms. The predicted molar refractivity (Wildman–Crippen MR) is 72.3 cm³/mol. The van der Waals surface area contributed by atoms with Crippen molar-refractivity contribution in [3.8, 4) is 5.75 Å². The number of carbonyl (C=O) groups excluding carboxylic acids is 1. The largest absolute Gasteiger partial charge is 0.506 e. The third-order valence-corrected chi connectivity index (χ3v) is 2.71. The number of amides is 2. The van der Waals surface area contributed by atoms with Gasteiger partial charge in [0.25, 0.3) is 0 Å². The van der Waals surface area contributed by atoms with Crippen LogP contribution in [0.5, 0.6) is 5.75 Å². The molecule has 19 heavy (non-hydrogen) atoms. The molecule has 0 aliphatic carbocycles. The molecule has 0 saturated carbocycles. The van der Waals surface area contributed by atoms with Crippen molar-refractivity contribution in [2.24, 2.45) is 0 Å². The number of rotatable bonds is 5. The van der Waals surface area contributed by atoms with E-state index in [-0.39, 0.29) is 48.5 Å². The average Bonchev–Trinajstić information content (AvgIpc) is 2.35. The molecular weight excluding hydrogens is 274 g/mol. The lowest BCUT2D eigenvalue weighted by atomic mass is 10.2. The van der Waals surface area contributed by atoms with Crippen molar-refractivity contribution in [1.82, 2.24) is 4.90 Å². The molecule has 0 saturated heterocycles. The number of urea groups is 1. The summed E-state index contributed by atoms with van der Waals surface area (Å²) in [7, 11) is 0. The molecule has 0 unspecified atom stereocenters. The highest BCUT2D eigenvalue weighted by Gasteiger charge is 2.15. The molecule has 0 heterocycles. The minimum atomic E-state index is -0.570. The van der Waals surface area contributed by atoms with Crippen molar-refractivity contribution in [3.63, 3.8) is 0 Å². The maximum Gasteiger partial charge on any atom is 0.322 e. The first-order valence-electron chi connectivity index (χ1n) is 5.55. The van der Waals surface area contributed by atoms with E-state index in [0.717, 1.165) is 0 Å². The molecule has 0 aromatic heterocycles. The van der Waals surface area contributed by atoms with E-state index >= 15 is 0 Å². The van der Waals surface area contributed by atoms with Crippen LogP contribution in [0.4, 0.5) is 16.2 Å². The van der Waals surface area contributed by atoms with Crippen LogP contribution in [0.3, 0.4) is 0 Å². The number of hydrogen-bond donors (Lipinski definition) is 5. The fourth-order valence-corrected chi connectivity index (χ4v) is 1.59. The number of halogens is 1. The van der Waals surface area contributed by atoms with Gasteiger partial charge < -0.3 is 31.3 Å². The van der Waals surface area contributed by atoms with Crippen LogP contribution in [0.15, 0.2) is 12.1 Å². The molecule has 106 valence electrons. The third-order valence-electron chi connectivity index (χ3n) is 2.38. The first kappa shape index (κ1) is 15.4. The number of benzene rings is 1. The SMILES string of the molecule is Nc1cc(O)c(NC(=O)N(CCO)CCO)cc1Cl. The first-order valence-corrected chi connectivity index (χ1v) is 5.93. The summed E-state index contributed by atoms with van der Waals surface area (Å²) in [5.41, 5.74) is 5.79. The maximum atomic E-state index is 11.8. The van der Waals surface area contributed by atoms with Crippen LogP contribution in [-0.2, 0) is 0 Å². The maximum absolute atomic E-state index is 11.8. The summed E-state index contributed by atoms with van der Waals surface area (Å²) in [5, 5.41) is 29.9. The van der Waals surface area contributed by atoms with Gasteiger partial charge in [-0.2, -0.15) is 0 Å². The zero-order valence-electron chi connectivity index (χ0n) is 10.1. The van der Waals surface area contributed by atoms with Gasteiger partial charge in [0, 0.05) is 19.2 Å². The molecule has 0 radical (unpaired) electrons. The quantitative estimate of drug-likeness (QED) is 0.398. The van der Waals surface area contributed by atoms with Gasteiger partial charge in [-0.25, -0.2) is 4.79 Å². The molecule has 6 N–H and O–H groups in total. The number of phenolic OH excluding ortho intramolecular Hbond substituents is 1. The zero-order chi connectivity index (χ0) is 14.4. The number of nitrogens with one attached hydrogen (secondary N) is 1. The Kier molecular flexibility index (Phi) is 5.68. The normalized spacial score (nSPS) is 10.3. The number of nitrogen functional groups attached to an aromatic ring is 1. The highest BCUT2D eigenvalue weighted by atomic mass is 35.5. The monoisotopic (exact) mass is 289 g/mol. The average molecular weight is 290 g/mol. The number of anilines is 2. The van der Waals surface area contributed by atoms with Gasteiger partial charge in [0.1, 0.15) is 5.75 Å². The summed E-state index contributed by atoms with van der Waals surface area (Å²) in [6, 6.07) is 1.97. The number of aromatic hydroxyl groups is 1. The summed E-state index contributed by atoms with van der Waals surface area (Å²) >= 11 is 5.79. The number of nitrogens with two attached hydrogens (primary N) is 1. The van der Waals surface area contributed by atoms with Crippen LogP contribution >= 0.6 is 11.6 Å². The minimum Gasteiger partial charge on any atom is -0.506 e. The Morgan fingerprint density at radius 1 is 1.32 bits per heavy atom. The molecule has 1 aromatic carbocycles. The fraction of sp³-hybridized carbons (Fsp3) is 0.364. The Morgan fingerprint density at radius 2 is 1.89 bits per heavy atom. The molecule has 0 bridgehead atoms. The number of aliphatic hydroxyl groups is 2. The topological polar surface area (TPSA) is 119 Å². The Balaban J connectivity index is 2.83. The summed E-state index contributed by atoms with van der Waals surface area (Å²) in [6.45, 7) is -0.338. The summed E-state index contributed by atoms with van der Waals surface area (Å²) < 4.78 is 0. The Labute approximate surface area is 115 Å². The molecule has 1 rings (SSSR count). The van der Waals surface area contributed by atoms with E-state index in [2.05, 4.69) is 5.32 Å². The Hall–Kier alpha value is -1.70. The van der Waals surface area contributed by atoms with Crippen molar-refractivity contribution < 1.29 is 20.1 Å². The fourth-order valence-electron chi connectivity index (χ4n) is 1.43. The van der Waals surface area contributed by atoms with Gasteiger partial charge in [0.15, 0.2) is 0 Å². The van der Waals surface area contributed by atoms with Gasteiger partial charge in [0.05, 0.1) is 29.6 Å². The number of hydrogen-bond acceptors (Lipinski definition) is 5. The molecule has 0 aliphatic heterocycles. The van der Waals surface area contributed by atoms with E-state index < -0.39 is 6.03 Å². The van der Waals surface area contributed by atoms with Crippen LogP contribution < -0.4 is 11.1 Å². The molecule has 2 amide bonds. The molecule has 0 aliphatic rings. The van der Waals surface area contributed by atoms with E-state index in [1.165, 1.54) is 17.0 Å². The Morgan fingerprint density at radius 3 is 2.42 bits per heavy atom. The van der Waals surface area contributed by atoms with E-state index in [0.29, 0.717) is 0 Å². The number of carbonyl (C=O) groups is 1. The van der Waals surface area contributed by atoms with E-state index in [1.807, 2.05) is 0 Å². The highest BCUT2D eigenvalue weighted by molar-refractivity contribution is 6.33. The van der Waals surface area contributed by atoms with Crippen molar-refractivity contribution in [3.05, 3.63) is 17.2 Å². The van der Waals surface area contributed by atoms with Crippen LogP contribution in [0.2, 0.25) is 5.02 Å². The molecular formula is C11H16ClN3O4. The van der Waals surface area contributed by atoms with E-state index in [4.69, 9.17) is 27.5 Å². The third kappa shape index (κ3) is 4.16. The van der Waals surface area contributed by atoms with E-state index in [1.54, 1.807) is 0 Å². The molecule has 7 nitrogen and oxygen atoms in total. The lowest BCUT2D eigenvalue weighted by molar-refractivity contribution is 0.167. The van der Waals surface area contributed by atoms with Gasteiger partial charge >= 0.3 is 6.03 Å². The van der Waals surface area contributed by atoms with Crippen molar-refractivity contribution in [2.45, 2.75) is 0 Å². The van der Waals surface area contributed by atoms with Crippen LogP contribution in [0, 0.1) is 0 Å². The summed E-state index contributed by atoms with van der Waals surface area (Å²) in [5.74, 6) is -0.219. The lowest BCUT2D eigenvalue weighted by Crippen LogP contribution is -2.38. The second-order valence-electron chi connectivity index (χ2n) is 3.76. The summed E-state index contributed by atoms with van der Waals surface area (Å²) in [4.78, 5) is 13.0. The molecule has 0 atom stereocenters. The molecule has 1 aromatic rings. The van der Waals surface area contributed by atoms with Gasteiger partial charge in [0.2, 0.25) is 0 Å². The van der Waals surface area contributed by atoms with Crippen molar-refractivity contribution in [2.75, 3.05) is 37.4 Å². The number of phenols is 1. The first-order chi connectivity index (χ1) is 8.99. The van der Waals surface area contributed by atoms with Crippen LogP contribution in [0.1, 0.15) is 0 Å². The van der Waals surface area contributed by atoms with Gasteiger partial charge in [-0.15, -0.1) is 0 Å². The second-order valence-corrected chi connectivity index (χ2v) is 4.16. The zero-order valence-corrected chi connectivity index (χ0v) is 10.9. The number of aliphatic hydroxyl groups excluding tert-OH is 2. The van der Waals surface area contributed by atoms with Crippen LogP contribution in [-0.4, -0.2) is 52.6 Å². The van der Waals surface area contributed by atoms with Crippen LogP contribution in [0.25, 0.3) is 0 Å². The molecule has 0 fully saturated rings. The van der Waals surface area contributed by atoms with Crippen molar-refractivity contribution in [1.29, 1.82) is 0 Å². The van der Waals surface area contributed by atoms with Gasteiger partial charge in [-0.05, 0) is 6.07 Å². The summed E-state index contributed by atoms with van der Waals surface area (Å²) in [6.07, 6.45) is 0. The number of nitrogens with zero attached hydrogens (tertiary/aromatic N) is 1.